The zero-order valence-corrected chi connectivity index (χ0v) is 15.1. The molecule has 1 amide bonds. The summed E-state index contributed by atoms with van der Waals surface area (Å²) in [4.78, 5) is 16.4. The Morgan fingerprint density at radius 3 is 2.75 bits per heavy atom. The first kappa shape index (κ1) is 18.8. The van der Waals surface area contributed by atoms with Gasteiger partial charge in [0.2, 0.25) is 5.91 Å². The molecule has 0 bridgehead atoms. The Bertz CT molecular complexity index is 634. The lowest BCUT2D eigenvalue weighted by Gasteiger charge is -2.29. The van der Waals surface area contributed by atoms with Gasteiger partial charge in [-0.2, -0.15) is 0 Å². The molecule has 132 valence electrons. The Morgan fingerprint density at radius 2 is 2.04 bits per heavy atom. The van der Waals surface area contributed by atoms with Crippen molar-refractivity contribution in [2.75, 3.05) is 39.8 Å². The highest BCUT2D eigenvalue weighted by molar-refractivity contribution is 5.85. The third-order valence-electron chi connectivity index (χ3n) is 4.67. The van der Waals surface area contributed by atoms with Crippen molar-refractivity contribution in [1.82, 2.24) is 15.1 Å². The van der Waals surface area contributed by atoms with Gasteiger partial charge >= 0.3 is 0 Å². The van der Waals surface area contributed by atoms with Gasteiger partial charge < -0.3 is 14.6 Å². The number of fused-ring (bicyclic) bond motifs is 1. The second kappa shape index (κ2) is 8.51. The lowest BCUT2D eigenvalue weighted by molar-refractivity contribution is -0.132. The number of amides is 1. The molecule has 0 aliphatic carbocycles. The molecular weight excluding hydrogens is 326 g/mol. The van der Waals surface area contributed by atoms with Gasteiger partial charge in [-0.05, 0) is 26.1 Å². The average molecular weight is 352 g/mol. The van der Waals surface area contributed by atoms with E-state index < -0.39 is 0 Å². The first-order valence-electron chi connectivity index (χ1n) is 8.32. The number of furan rings is 1. The molecule has 2 aromatic rings. The van der Waals surface area contributed by atoms with Crippen molar-refractivity contribution >= 4 is 29.3 Å². The van der Waals surface area contributed by atoms with E-state index in [1.165, 1.54) is 0 Å². The van der Waals surface area contributed by atoms with Crippen molar-refractivity contribution in [3.63, 3.8) is 0 Å². The van der Waals surface area contributed by atoms with E-state index in [4.69, 9.17) is 4.42 Å². The Morgan fingerprint density at radius 1 is 1.33 bits per heavy atom. The maximum atomic E-state index is 12.3. The maximum absolute atomic E-state index is 12.3. The van der Waals surface area contributed by atoms with Gasteiger partial charge in [-0.15, -0.1) is 12.4 Å². The van der Waals surface area contributed by atoms with Crippen LogP contribution in [0.3, 0.4) is 0 Å². The molecular formula is C18H26ClN3O2. The molecule has 24 heavy (non-hydrogen) atoms. The fourth-order valence-electron chi connectivity index (χ4n) is 2.96. The van der Waals surface area contributed by atoms with Gasteiger partial charge in [0.1, 0.15) is 11.3 Å². The number of rotatable bonds is 5. The summed E-state index contributed by atoms with van der Waals surface area (Å²) in [5.74, 6) is 1.19. The molecule has 1 saturated heterocycles. The second-order valence-electron chi connectivity index (χ2n) is 6.22. The highest BCUT2D eigenvalue weighted by atomic mass is 35.5. The Labute approximate surface area is 149 Å². The van der Waals surface area contributed by atoms with Crippen LogP contribution in [-0.2, 0) is 4.79 Å². The van der Waals surface area contributed by atoms with Crippen molar-refractivity contribution in [1.29, 1.82) is 0 Å². The van der Waals surface area contributed by atoms with Crippen LogP contribution >= 0.6 is 12.4 Å². The highest BCUT2D eigenvalue weighted by Crippen LogP contribution is 2.26. The summed E-state index contributed by atoms with van der Waals surface area (Å²) in [6, 6.07) is 10.3. The Hall–Kier alpha value is -1.56. The predicted molar refractivity (Wildman–Crippen MR) is 98.6 cm³/mol. The van der Waals surface area contributed by atoms with E-state index in [-0.39, 0.29) is 24.4 Å². The molecule has 1 atom stereocenters. The van der Waals surface area contributed by atoms with Gasteiger partial charge in [-0.3, -0.25) is 9.69 Å². The summed E-state index contributed by atoms with van der Waals surface area (Å²) in [6.07, 6.45) is 0.557. The third-order valence-corrected chi connectivity index (χ3v) is 4.67. The van der Waals surface area contributed by atoms with Gasteiger partial charge in [0, 0.05) is 44.5 Å². The molecule has 1 N–H and O–H groups in total. The molecule has 2 heterocycles. The van der Waals surface area contributed by atoms with E-state index in [9.17, 15) is 4.79 Å². The monoisotopic (exact) mass is 351 g/mol. The van der Waals surface area contributed by atoms with Crippen LogP contribution in [-0.4, -0.2) is 55.5 Å². The highest BCUT2D eigenvalue weighted by Gasteiger charge is 2.20. The molecule has 0 saturated carbocycles. The Balaban J connectivity index is 0.00000208. The summed E-state index contributed by atoms with van der Waals surface area (Å²) in [5, 5.41) is 4.39. The number of nitrogens with zero attached hydrogens (tertiary/aromatic N) is 2. The Kier molecular flexibility index (Phi) is 6.66. The number of carbonyl (C=O) groups excluding carboxylic acids is 1. The average Bonchev–Trinajstić information content (AvgIpc) is 3.03. The van der Waals surface area contributed by atoms with Crippen LogP contribution in [0.4, 0.5) is 0 Å². The van der Waals surface area contributed by atoms with Gasteiger partial charge in [0.25, 0.3) is 0 Å². The molecule has 1 unspecified atom stereocenters. The summed E-state index contributed by atoms with van der Waals surface area (Å²) < 4.78 is 5.93. The van der Waals surface area contributed by atoms with Gasteiger partial charge in [0.15, 0.2) is 0 Å². The van der Waals surface area contributed by atoms with Crippen LogP contribution in [0, 0.1) is 0 Å². The van der Waals surface area contributed by atoms with Crippen LogP contribution in [0.1, 0.15) is 25.1 Å². The third kappa shape index (κ3) is 4.29. The van der Waals surface area contributed by atoms with E-state index >= 15 is 0 Å². The van der Waals surface area contributed by atoms with Crippen LogP contribution in [0.15, 0.2) is 34.7 Å². The molecule has 3 rings (SSSR count). The zero-order chi connectivity index (χ0) is 16.2. The van der Waals surface area contributed by atoms with Crippen molar-refractivity contribution in [3.05, 3.63) is 36.1 Å². The number of halogens is 1. The first-order chi connectivity index (χ1) is 11.1. The predicted octanol–water partition coefficient (Wildman–Crippen LogP) is 2.67. The first-order valence-corrected chi connectivity index (χ1v) is 8.32. The fraction of sp³-hybridized carbons (Fsp3) is 0.500. The van der Waals surface area contributed by atoms with E-state index in [0.29, 0.717) is 6.42 Å². The normalized spacial score (nSPS) is 16.2. The topological polar surface area (TPSA) is 48.7 Å². The van der Waals surface area contributed by atoms with E-state index in [1.54, 1.807) is 0 Å². The molecule has 1 aromatic carbocycles. The summed E-state index contributed by atoms with van der Waals surface area (Å²) in [5.41, 5.74) is 0.916. The quantitative estimate of drug-likeness (QED) is 0.899. The molecule has 1 fully saturated rings. The van der Waals surface area contributed by atoms with Crippen molar-refractivity contribution in [2.24, 2.45) is 0 Å². The minimum Gasteiger partial charge on any atom is -0.459 e. The number of nitrogens with one attached hydrogen (secondary N) is 1. The number of carbonyl (C=O) groups is 1. The van der Waals surface area contributed by atoms with Crippen molar-refractivity contribution in [3.8, 4) is 0 Å². The van der Waals surface area contributed by atoms with Gasteiger partial charge in [-0.25, -0.2) is 0 Å². The van der Waals surface area contributed by atoms with Crippen molar-refractivity contribution < 1.29 is 9.21 Å². The molecule has 1 aromatic heterocycles. The SMILES string of the molecule is CC(c1cc2ccccc2o1)N(C)CCC(=O)N1CCNCC1.Cl. The lowest BCUT2D eigenvalue weighted by atomic mass is 10.2. The number of piperazine rings is 1. The minimum absolute atomic E-state index is 0. The smallest absolute Gasteiger partial charge is 0.223 e. The molecule has 0 spiro atoms. The molecule has 1 aliphatic heterocycles. The van der Waals surface area contributed by atoms with Crippen LogP contribution in [0.25, 0.3) is 11.0 Å². The number of hydrogen-bond acceptors (Lipinski definition) is 4. The van der Waals surface area contributed by atoms with Crippen LogP contribution in [0.2, 0.25) is 0 Å². The summed E-state index contributed by atoms with van der Waals surface area (Å²) >= 11 is 0. The fourth-order valence-corrected chi connectivity index (χ4v) is 2.96. The largest absolute Gasteiger partial charge is 0.459 e. The molecule has 5 nitrogen and oxygen atoms in total. The minimum atomic E-state index is 0. The number of hydrogen-bond donors (Lipinski definition) is 1. The number of benzene rings is 1. The van der Waals surface area contributed by atoms with E-state index in [1.807, 2.05) is 30.1 Å². The summed E-state index contributed by atoms with van der Waals surface area (Å²) in [7, 11) is 2.04. The second-order valence-corrected chi connectivity index (χ2v) is 6.22. The maximum Gasteiger partial charge on any atom is 0.223 e. The standard InChI is InChI=1S/C18H25N3O2.ClH/c1-14(17-13-15-5-3-4-6-16(15)23-17)20(2)10-7-18(22)21-11-8-19-9-12-21;/h3-6,13-14,19H,7-12H2,1-2H3;1H. The zero-order valence-electron chi connectivity index (χ0n) is 14.3. The molecule has 0 radical (unpaired) electrons. The summed E-state index contributed by atoms with van der Waals surface area (Å²) in [6.45, 7) is 6.30. The van der Waals surface area contributed by atoms with Crippen molar-refractivity contribution in [2.45, 2.75) is 19.4 Å². The van der Waals surface area contributed by atoms with Crippen LogP contribution < -0.4 is 5.32 Å². The van der Waals surface area contributed by atoms with Gasteiger partial charge in [-0.1, -0.05) is 18.2 Å². The lowest BCUT2D eigenvalue weighted by Crippen LogP contribution is -2.47. The van der Waals surface area contributed by atoms with E-state index in [2.05, 4.69) is 29.3 Å². The molecule has 6 heteroatoms. The van der Waals surface area contributed by atoms with Gasteiger partial charge in [0.05, 0.1) is 6.04 Å². The van der Waals surface area contributed by atoms with Crippen LogP contribution in [0.5, 0.6) is 0 Å². The molecule has 1 aliphatic rings. The number of para-hydroxylation sites is 1. The van der Waals surface area contributed by atoms with E-state index in [0.717, 1.165) is 49.5 Å².